The predicted octanol–water partition coefficient (Wildman–Crippen LogP) is 2.33. The van der Waals surface area contributed by atoms with E-state index < -0.39 is 0 Å². The molecule has 0 N–H and O–H groups in total. The largest absolute Gasteiger partial charge is 0.469 e. The summed E-state index contributed by atoms with van der Waals surface area (Å²) in [5.74, 6) is 0.693. The van der Waals surface area contributed by atoms with Crippen molar-refractivity contribution in [2.45, 2.75) is 38.5 Å². The summed E-state index contributed by atoms with van der Waals surface area (Å²) in [5.41, 5.74) is 0. The van der Waals surface area contributed by atoms with Crippen LogP contribution in [0.25, 0.3) is 0 Å². The molecule has 1 aliphatic rings. The molecule has 0 heterocycles. The van der Waals surface area contributed by atoms with E-state index >= 15 is 0 Å². The van der Waals surface area contributed by atoms with Gasteiger partial charge >= 0.3 is 5.97 Å². The van der Waals surface area contributed by atoms with Crippen molar-refractivity contribution in [1.29, 1.82) is 0 Å². The van der Waals surface area contributed by atoms with Gasteiger partial charge in [-0.25, -0.2) is 0 Å². The summed E-state index contributed by atoms with van der Waals surface area (Å²) in [6.45, 7) is 0. The van der Waals surface area contributed by atoms with Crippen LogP contribution in [0.15, 0.2) is 0 Å². The molecule has 2 heteroatoms. The Morgan fingerprint density at radius 1 is 1.50 bits per heavy atom. The van der Waals surface area contributed by atoms with Gasteiger partial charge in [-0.1, -0.05) is 12.8 Å². The maximum Gasteiger partial charge on any atom is 0.305 e. The fraction of sp³-hybridized carbons (Fsp3) is 0.800. The monoisotopic (exact) mass is 169 g/mol. The van der Waals surface area contributed by atoms with Crippen molar-refractivity contribution in [2.24, 2.45) is 5.92 Å². The summed E-state index contributed by atoms with van der Waals surface area (Å²) in [5, 5.41) is 0. The Kier molecular flexibility index (Phi) is 4.12. The molecule has 0 aromatic rings. The molecule has 1 aliphatic carbocycles. The van der Waals surface area contributed by atoms with Crippen LogP contribution in [0.4, 0.5) is 0 Å². The van der Waals surface area contributed by atoms with E-state index in [-0.39, 0.29) is 5.97 Å². The van der Waals surface area contributed by atoms with E-state index in [2.05, 4.69) is 11.2 Å². The van der Waals surface area contributed by atoms with E-state index in [0.717, 1.165) is 12.3 Å². The number of carbonyl (C=O) groups excluding carboxylic acids is 1. The topological polar surface area (TPSA) is 26.3 Å². The van der Waals surface area contributed by atoms with Crippen molar-refractivity contribution in [2.75, 3.05) is 7.11 Å². The van der Waals surface area contributed by atoms with E-state index in [4.69, 9.17) is 0 Å². The normalized spacial score (nSPS) is 19.1. The Labute approximate surface area is 74.3 Å². The predicted molar refractivity (Wildman–Crippen MR) is 47.5 cm³/mol. The minimum absolute atomic E-state index is 0.0652. The summed E-state index contributed by atoms with van der Waals surface area (Å²) in [7, 11) is 1.46. The summed E-state index contributed by atoms with van der Waals surface area (Å²) in [4.78, 5) is 10.8. The maximum absolute atomic E-state index is 10.8. The van der Waals surface area contributed by atoms with E-state index in [1.807, 2.05) is 0 Å². The molecule has 1 rings (SSSR count). The Morgan fingerprint density at radius 2 is 2.17 bits per heavy atom. The average molecular weight is 169 g/mol. The van der Waals surface area contributed by atoms with Crippen LogP contribution < -0.4 is 0 Å². The zero-order valence-electron chi connectivity index (χ0n) is 7.71. The molecular formula is C10H17O2. The van der Waals surface area contributed by atoms with Crippen LogP contribution in [-0.2, 0) is 9.53 Å². The number of methoxy groups -OCH3 is 1. The maximum atomic E-state index is 10.8. The third-order valence-corrected chi connectivity index (χ3v) is 2.54. The van der Waals surface area contributed by atoms with Crippen LogP contribution >= 0.6 is 0 Å². The van der Waals surface area contributed by atoms with Crippen molar-refractivity contribution >= 4 is 5.97 Å². The van der Waals surface area contributed by atoms with Gasteiger partial charge in [-0.15, -0.1) is 0 Å². The lowest BCUT2D eigenvalue weighted by Gasteiger charge is -2.20. The fourth-order valence-electron chi connectivity index (χ4n) is 1.71. The van der Waals surface area contributed by atoms with Gasteiger partial charge in [-0.2, -0.15) is 0 Å². The molecule has 0 aromatic heterocycles. The third kappa shape index (κ3) is 3.24. The smallest absolute Gasteiger partial charge is 0.305 e. The van der Waals surface area contributed by atoms with Crippen LogP contribution in [0.2, 0.25) is 0 Å². The van der Waals surface area contributed by atoms with Gasteiger partial charge in [0.2, 0.25) is 0 Å². The van der Waals surface area contributed by atoms with Gasteiger partial charge in [0.05, 0.1) is 7.11 Å². The van der Waals surface area contributed by atoms with E-state index in [9.17, 15) is 4.79 Å². The molecule has 1 fully saturated rings. The van der Waals surface area contributed by atoms with Crippen LogP contribution in [0.3, 0.4) is 0 Å². The number of esters is 1. The lowest BCUT2D eigenvalue weighted by molar-refractivity contribution is -0.141. The molecule has 12 heavy (non-hydrogen) atoms. The molecule has 0 atom stereocenters. The lowest BCUT2D eigenvalue weighted by atomic mass is 9.86. The Hall–Kier alpha value is -0.530. The fourth-order valence-corrected chi connectivity index (χ4v) is 1.71. The van der Waals surface area contributed by atoms with Crippen molar-refractivity contribution in [3.05, 3.63) is 6.42 Å². The summed E-state index contributed by atoms with van der Waals surface area (Å²) in [6, 6.07) is 0. The average Bonchev–Trinajstić information content (AvgIpc) is 2.16. The van der Waals surface area contributed by atoms with Crippen molar-refractivity contribution in [3.63, 3.8) is 0 Å². The molecule has 0 unspecified atom stereocenters. The number of rotatable bonds is 3. The van der Waals surface area contributed by atoms with Gasteiger partial charge in [0.15, 0.2) is 0 Å². The van der Waals surface area contributed by atoms with Crippen molar-refractivity contribution in [3.8, 4) is 0 Å². The van der Waals surface area contributed by atoms with Gasteiger partial charge in [-0.3, -0.25) is 4.79 Å². The SMILES string of the molecule is COC(=O)CCC1CC[CH]CC1. The molecule has 1 saturated carbocycles. The molecule has 0 bridgehead atoms. The molecule has 0 aliphatic heterocycles. The standard InChI is InChI=1S/C10H17O2/c1-12-10(11)8-7-9-5-3-2-4-6-9/h2,9H,3-8H2,1H3. The second-order valence-corrected chi connectivity index (χ2v) is 3.42. The quantitative estimate of drug-likeness (QED) is 0.606. The third-order valence-electron chi connectivity index (χ3n) is 2.54. The molecular weight excluding hydrogens is 152 g/mol. The highest BCUT2D eigenvalue weighted by Gasteiger charge is 2.14. The first kappa shape index (κ1) is 9.56. The van der Waals surface area contributed by atoms with Crippen LogP contribution in [0.5, 0.6) is 0 Å². The molecule has 1 radical (unpaired) electrons. The zero-order chi connectivity index (χ0) is 8.81. The molecule has 2 nitrogen and oxygen atoms in total. The highest BCUT2D eigenvalue weighted by Crippen LogP contribution is 2.26. The van der Waals surface area contributed by atoms with Crippen molar-refractivity contribution < 1.29 is 9.53 Å². The Morgan fingerprint density at radius 3 is 2.75 bits per heavy atom. The van der Waals surface area contributed by atoms with Gasteiger partial charge in [-0.05, 0) is 31.6 Å². The first-order chi connectivity index (χ1) is 5.83. The van der Waals surface area contributed by atoms with E-state index in [0.29, 0.717) is 6.42 Å². The molecule has 0 amide bonds. The second kappa shape index (κ2) is 5.18. The highest BCUT2D eigenvalue weighted by atomic mass is 16.5. The van der Waals surface area contributed by atoms with Crippen molar-refractivity contribution in [1.82, 2.24) is 0 Å². The Balaban J connectivity index is 2.09. The van der Waals surface area contributed by atoms with Gasteiger partial charge in [0.1, 0.15) is 0 Å². The molecule has 0 spiro atoms. The summed E-state index contributed by atoms with van der Waals surface area (Å²) < 4.78 is 4.59. The first-order valence-corrected chi connectivity index (χ1v) is 4.71. The lowest BCUT2D eigenvalue weighted by Crippen LogP contribution is -2.09. The minimum atomic E-state index is -0.0652. The number of ether oxygens (including phenoxy) is 1. The first-order valence-electron chi connectivity index (χ1n) is 4.71. The van der Waals surface area contributed by atoms with Gasteiger partial charge in [0.25, 0.3) is 0 Å². The van der Waals surface area contributed by atoms with Crippen LogP contribution in [0.1, 0.15) is 38.5 Å². The number of hydrogen-bond acceptors (Lipinski definition) is 2. The summed E-state index contributed by atoms with van der Waals surface area (Å²) in [6.07, 6.45) is 8.93. The second-order valence-electron chi connectivity index (χ2n) is 3.42. The van der Waals surface area contributed by atoms with E-state index in [1.54, 1.807) is 0 Å². The van der Waals surface area contributed by atoms with Crippen LogP contribution in [-0.4, -0.2) is 13.1 Å². The Bertz CT molecular complexity index is 137. The van der Waals surface area contributed by atoms with Gasteiger partial charge < -0.3 is 4.74 Å². The molecule has 0 saturated heterocycles. The highest BCUT2D eigenvalue weighted by molar-refractivity contribution is 5.69. The molecule has 0 aromatic carbocycles. The van der Waals surface area contributed by atoms with E-state index in [1.165, 1.54) is 32.8 Å². The number of carbonyl (C=O) groups is 1. The number of hydrogen-bond donors (Lipinski definition) is 0. The zero-order valence-corrected chi connectivity index (χ0v) is 7.71. The minimum Gasteiger partial charge on any atom is -0.469 e. The molecule has 69 valence electrons. The summed E-state index contributed by atoms with van der Waals surface area (Å²) >= 11 is 0. The van der Waals surface area contributed by atoms with Gasteiger partial charge in [0, 0.05) is 6.42 Å². The van der Waals surface area contributed by atoms with Crippen LogP contribution in [0, 0.1) is 12.3 Å².